The maximum absolute atomic E-state index is 12.3. The van der Waals surface area contributed by atoms with Gasteiger partial charge in [0.15, 0.2) is 0 Å². The molecular formula is C13H12N4O5. The van der Waals surface area contributed by atoms with E-state index >= 15 is 0 Å². The Labute approximate surface area is 124 Å². The number of carbonyl (C=O) groups is 2. The van der Waals surface area contributed by atoms with E-state index in [1.165, 1.54) is 26.3 Å². The van der Waals surface area contributed by atoms with Crippen molar-refractivity contribution in [3.63, 3.8) is 0 Å². The van der Waals surface area contributed by atoms with E-state index in [9.17, 15) is 19.7 Å². The van der Waals surface area contributed by atoms with Gasteiger partial charge in [-0.05, 0) is 12.1 Å². The van der Waals surface area contributed by atoms with Crippen LogP contribution in [0.5, 0.6) is 0 Å². The number of ether oxygens (including phenoxy) is 1. The van der Waals surface area contributed by atoms with Crippen LogP contribution in [0.1, 0.15) is 20.8 Å². The lowest BCUT2D eigenvalue weighted by molar-refractivity contribution is -0.385. The Morgan fingerprint density at radius 2 is 2.05 bits per heavy atom. The molecule has 0 spiro atoms. The van der Waals surface area contributed by atoms with Gasteiger partial charge in [0.05, 0.1) is 23.3 Å². The van der Waals surface area contributed by atoms with Crippen LogP contribution in [0.15, 0.2) is 30.5 Å². The van der Waals surface area contributed by atoms with E-state index in [1.54, 1.807) is 12.1 Å². The number of nitrogens with one attached hydrogen (secondary N) is 1. The molecule has 0 aliphatic rings. The average molecular weight is 304 g/mol. The summed E-state index contributed by atoms with van der Waals surface area (Å²) >= 11 is 0. The maximum Gasteiger partial charge on any atom is 0.339 e. The first kappa shape index (κ1) is 15.2. The number of carbonyl (C=O) groups excluding carboxylic acids is 2. The van der Waals surface area contributed by atoms with Crippen molar-refractivity contribution in [2.45, 2.75) is 0 Å². The number of amides is 1. The number of rotatable bonds is 4. The van der Waals surface area contributed by atoms with Gasteiger partial charge in [-0.2, -0.15) is 5.10 Å². The molecule has 0 radical (unpaired) electrons. The Kier molecular flexibility index (Phi) is 4.16. The number of aromatic nitrogens is 2. The van der Waals surface area contributed by atoms with Crippen LogP contribution in [0.4, 0.5) is 11.4 Å². The molecule has 9 nitrogen and oxygen atoms in total. The number of hydrogen-bond donors (Lipinski definition) is 1. The van der Waals surface area contributed by atoms with Crippen molar-refractivity contribution in [3.8, 4) is 0 Å². The summed E-state index contributed by atoms with van der Waals surface area (Å²) in [7, 11) is 2.63. The van der Waals surface area contributed by atoms with Gasteiger partial charge in [-0.3, -0.25) is 19.6 Å². The Morgan fingerprint density at radius 1 is 1.36 bits per heavy atom. The molecule has 2 rings (SSSR count). The van der Waals surface area contributed by atoms with Crippen LogP contribution < -0.4 is 5.32 Å². The number of hydrogen-bond acceptors (Lipinski definition) is 6. The molecule has 1 aromatic heterocycles. The summed E-state index contributed by atoms with van der Waals surface area (Å²) in [6.07, 6.45) is 0.987. The van der Waals surface area contributed by atoms with E-state index in [0.717, 1.165) is 10.9 Å². The van der Waals surface area contributed by atoms with Crippen molar-refractivity contribution < 1.29 is 19.2 Å². The summed E-state index contributed by atoms with van der Waals surface area (Å²) < 4.78 is 5.71. The van der Waals surface area contributed by atoms with E-state index in [4.69, 9.17) is 0 Å². The van der Waals surface area contributed by atoms with Crippen LogP contribution in [0.2, 0.25) is 0 Å². The fourth-order valence-corrected chi connectivity index (χ4v) is 1.88. The lowest BCUT2D eigenvalue weighted by atomic mass is 10.1. The zero-order valence-corrected chi connectivity index (χ0v) is 11.8. The first-order valence-electron chi connectivity index (χ1n) is 6.10. The molecule has 0 atom stereocenters. The number of aryl methyl sites for hydroxylation is 1. The van der Waals surface area contributed by atoms with Gasteiger partial charge < -0.3 is 10.1 Å². The molecule has 0 bridgehead atoms. The molecule has 114 valence electrons. The highest BCUT2D eigenvalue weighted by Gasteiger charge is 2.26. The molecule has 0 unspecified atom stereocenters. The van der Waals surface area contributed by atoms with E-state index in [1.807, 2.05) is 0 Å². The summed E-state index contributed by atoms with van der Waals surface area (Å²) in [5, 5.41) is 17.1. The monoisotopic (exact) mass is 304 g/mol. The summed E-state index contributed by atoms with van der Waals surface area (Å²) in [4.78, 5) is 34.1. The van der Waals surface area contributed by atoms with Crippen LogP contribution in [0, 0.1) is 10.1 Å². The zero-order chi connectivity index (χ0) is 16.3. The Hall–Kier alpha value is -3.23. The largest absolute Gasteiger partial charge is 0.465 e. The predicted octanol–water partition coefficient (Wildman–Crippen LogP) is 1.37. The lowest BCUT2D eigenvalue weighted by Crippen LogP contribution is -2.19. The highest BCUT2D eigenvalue weighted by atomic mass is 16.6. The van der Waals surface area contributed by atoms with Crippen molar-refractivity contribution in [3.05, 3.63) is 51.8 Å². The van der Waals surface area contributed by atoms with Gasteiger partial charge in [0.1, 0.15) is 6.20 Å². The van der Waals surface area contributed by atoms with Crippen molar-refractivity contribution in [2.75, 3.05) is 12.4 Å². The average Bonchev–Trinajstić information content (AvgIpc) is 2.89. The quantitative estimate of drug-likeness (QED) is 0.518. The molecule has 1 aromatic carbocycles. The second-order valence-corrected chi connectivity index (χ2v) is 4.25. The van der Waals surface area contributed by atoms with Gasteiger partial charge in [-0.1, -0.05) is 12.1 Å². The molecular weight excluding hydrogens is 292 g/mol. The minimum atomic E-state index is -0.747. The number of esters is 1. The Bertz CT molecular complexity index is 753. The first-order valence-corrected chi connectivity index (χ1v) is 6.10. The topological polar surface area (TPSA) is 116 Å². The molecule has 22 heavy (non-hydrogen) atoms. The van der Waals surface area contributed by atoms with Crippen LogP contribution in [0.3, 0.4) is 0 Å². The highest BCUT2D eigenvalue weighted by molar-refractivity contribution is 6.08. The Balaban J connectivity index is 2.37. The van der Waals surface area contributed by atoms with Crippen molar-refractivity contribution in [2.24, 2.45) is 7.05 Å². The molecule has 0 aliphatic carbocycles. The molecule has 9 heteroatoms. The van der Waals surface area contributed by atoms with Crippen molar-refractivity contribution >= 4 is 23.3 Å². The number of nitrogens with zero attached hydrogens (tertiary/aromatic N) is 3. The molecule has 0 aliphatic heterocycles. The second-order valence-electron chi connectivity index (χ2n) is 4.25. The van der Waals surface area contributed by atoms with E-state index in [2.05, 4.69) is 15.2 Å². The number of nitro groups is 1. The van der Waals surface area contributed by atoms with Gasteiger partial charge in [0.25, 0.3) is 5.91 Å². The lowest BCUT2D eigenvalue weighted by Gasteiger charge is -2.09. The van der Waals surface area contributed by atoms with Crippen molar-refractivity contribution in [1.29, 1.82) is 0 Å². The second kappa shape index (κ2) is 6.04. The number of anilines is 1. The van der Waals surface area contributed by atoms with Gasteiger partial charge in [-0.15, -0.1) is 0 Å². The third-order valence-electron chi connectivity index (χ3n) is 2.91. The van der Waals surface area contributed by atoms with Crippen molar-refractivity contribution in [1.82, 2.24) is 9.78 Å². The SMILES string of the molecule is COC(=O)c1ccccc1NC(=O)c1c([N+](=O)[O-])cnn1C. The summed E-state index contributed by atoms with van der Waals surface area (Å²) in [5.74, 6) is -1.38. The first-order chi connectivity index (χ1) is 10.5. The molecule has 1 heterocycles. The van der Waals surface area contributed by atoms with Gasteiger partial charge in [0, 0.05) is 7.05 Å². The molecule has 1 N–H and O–H groups in total. The minimum absolute atomic E-state index is 0.142. The molecule has 1 amide bonds. The standard InChI is InChI=1S/C13H12N4O5/c1-16-11(10(7-14-16)17(20)21)12(18)15-9-6-4-3-5-8(9)13(19)22-2/h3-7H,1-2H3,(H,15,18). The Morgan fingerprint density at radius 3 is 2.68 bits per heavy atom. The van der Waals surface area contributed by atoms with E-state index in [0.29, 0.717) is 0 Å². The molecule has 0 saturated heterocycles. The summed E-state index contributed by atoms with van der Waals surface area (Å²) in [6, 6.07) is 6.18. The maximum atomic E-state index is 12.3. The zero-order valence-electron chi connectivity index (χ0n) is 11.8. The third-order valence-corrected chi connectivity index (χ3v) is 2.91. The number of methoxy groups -OCH3 is 1. The van der Waals surface area contributed by atoms with Gasteiger partial charge >= 0.3 is 11.7 Å². The van der Waals surface area contributed by atoms with E-state index < -0.39 is 22.5 Å². The van der Waals surface area contributed by atoms with Gasteiger partial charge in [-0.25, -0.2) is 4.79 Å². The summed E-state index contributed by atoms with van der Waals surface area (Å²) in [6.45, 7) is 0. The van der Waals surface area contributed by atoms with Crippen LogP contribution in [-0.4, -0.2) is 33.7 Å². The normalized spacial score (nSPS) is 10.1. The molecule has 0 saturated carbocycles. The highest BCUT2D eigenvalue weighted by Crippen LogP contribution is 2.21. The van der Waals surface area contributed by atoms with Gasteiger partial charge in [0.2, 0.25) is 5.69 Å². The predicted molar refractivity (Wildman–Crippen MR) is 75.6 cm³/mol. The van der Waals surface area contributed by atoms with Crippen LogP contribution >= 0.6 is 0 Å². The smallest absolute Gasteiger partial charge is 0.339 e. The fraction of sp³-hybridized carbons (Fsp3) is 0.154. The van der Waals surface area contributed by atoms with Crippen LogP contribution in [-0.2, 0) is 11.8 Å². The minimum Gasteiger partial charge on any atom is -0.465 e. The third kappa shape index (κ3) is 2.77. The summed E-state index contributed by atoms with van der Waals surface area (Å²) in [5.41, 5.74) is -0.307. The van der Waals surface area contributed by atoms with E-state index in [-0.39, 0.29) is 16.9 Å². The molecule has 0 fully saturated rings. The fourth-order valence-electron chi connectivity index (χ4n) is 1.88. The van der Waals surface area contributed by atoms with Crippen LogP contribution in [0.25, 0.3) is 0 Å². The number of para-hydroxylation sites is 1. The number of benzene rings is 1. The molecule has 2 aromatic rings.